The van der Waals surface area contributed by atoms with Crippen LogP contribution in [-0.4, -0.2) is 6.54 Å². The van der Waals surface area contributed by atoms with Gasteiger partial charge in [-0.3, -0.25) is 0 Å². The maximum Gasteiger partial charge on any atom is 0.101 e. The van der Waals surface area contributed by atoms with Gasteiger partial charge in [-0.1, -0.05) is 18.2 Å². The predicted molar refractivity (Wildman–Crippen MR) is 59.2 cm³/mol. The monoisotopic (exact) mass is 186 g/mol. The maximum atomic E-state index is 8.86. The predicted octanol–water partition coefficient (Wildman–Crippen LogP) is 2.85. The van der Waals surface area contributed by atoms with Gasteiger partial charge in [0.05, 0.1) is 11.3 Å². The van der Waals surface area contributed by atoms with Crippen LogP contribution in [0.1, 0.15) is 18.1 Å². The molecule has 0 spiro atoms. The molecule has 0 atom stereocenters. The summed E-state index contributed by atoms with van der Waals surface area (Å²) < 4.78 is 0. The molecule has 0 heterocycles. The molecule has 0 aliphatic carbocycles. The Hall–Kier alpha value is -1.75. The van der Waals surface area contributed by atoms with E-state index in [4.69, 9.17) is 5.26 Å². The molecule has 0 aliphatic heterocycles. The van der Waals surface area contributed by atoms with Crippen molar-refractivity contribution < 1.29 is 0 Å². The van der Waals surface area contributed by atoms with Crippen LogP contribution in [0.2, 0.25) is 0 Å². The van der Waals surface area contributed by atoms with Crippen LogP contribution in [0.4, 0.5) is 5.69 Å². The molecular weight excluding hydrogens is 172 g/mol. The molecule has 1 rings (SSSR count). The van der Waals surface area contributed by atoms with Gasteiger partial charge in [-0.15, -0.1) is 0 Å². The van der Waals surface area contributed by atoms with E-state index in [1.54, 1.807) is 0 Å². The van der Waals surface area contributed by atoms with Gasteiger partial charge in [0.15, 0.2) is 0 Å². The summed E-state index contributed by atoms with van der Waals surface area (Å²) in [5.41, 5.74) is 3.76. The van der Waals surface area contributed by atoms with Gasteiger partial charge in [0.2, 0.25) is 0 Å². The van der Waals surface area contributed by atoms with Gasteiger partial charge >= 0.3 is 0 Å². The fourth-order valence-electron chi connectivity index (χ4n) is 1.15. The standard InChI is InChI=1S/C12H14N2/c1-9(2)8-14-12-6-10(3)4-5-11(12)7-13/h4-6,14H,1,8H2,2-3H3. The van der Waals surface area contributed by atoms with Crippen molar-refractivity contribution in [1.29, 1.82) is 5.26 Å². The van der Waals surface area contributed by atoms with Crippen LogP contribution in [-0.2, 0) is 0 Å². The molecule has 1 N–H and O–H groups in total. The van der Waals surface area contributed by atoms with Crippen molar-refractivity contribution in [2.75, 3.05) is 11.9 Å². The minimum Gasteiger partial charge on any atom is -0.380 e. The summed E-state index contributed by atoms with van der Waals surface area (Å²) in [6.45, 7) is 8.47. The fraction of sp³-hybridized carbons (Fsp3) is 0.250. The van der Waals surface area contributed by atoms with Crippen molar-refractivity contribution in [2.45, 2.75) is 13.8 Å². The lowest BCUT2D eigenvalue weighted by molar-refractivity contribution is 1.21. The summed E-state index contributed by atoms with van der Waals surface area (Å²) in [5, 5.41) is 12.0. The van der Waals surface area contributed by atoms with Crippen LogP contribution < -0.4 is 5.32 Å². The number of nitrogens with one attached hydrogen (secondary N) is 1. The SMILES string of the molecule is C=C(C)CNc1cc(C)ccc1C#N. The van der Waals surface area contributed by atoms with Gasteiger partial charge in [-0.2, -0.15) is 5.26 Å². The minimum atomic E-state index is 0.678. The van der Waals surface area contributed by atoms with Crippen LogP contribution >= 0.6 is 0 Å². The number of aryl methyl sites for hydroxylation is 1. The van der Waals surface area contributed by atoms with Gasteiger partial charge in [-0.05, 0) is 31.5 Å². The Kier molecular flexibility index (Phi) is 3.30. The van der Waals surface area contributed by atoms with E-state index < -0.39 is 0 Å². The zero-order chi connectivity index (χ0) is 10.6. The lowest BCUT2D eigenvalue weighted by Gasteiger charge is -2.08. The molecule has 0 saturated carbocycles. The van der Waals surface area contributed by atoms with Crippen LogP contribution in [0.15, 0.2) is 30.4 Å². The molecule has 0 unspecified atom stereocenters. The number of benzene rings is 1. The van der Waals surface area contributed by atoms with E-state index in [-0.39, 0.29) is 0 Å². The van der Waals surface area contributed by atoms with Crippen LogP contribution in [0.3, 0.4) is 0 Å². The molecule has 0 aromatic heterocycles. The molecule has 14 heavy (non-hydrogen) atoms. The Labute approximate surface area is 84.9 Å². The van der Waals surface area contributed by atoms with Crippen LogP contribution in [0, 0.1) is 18.3 Å². The molecule has 2 nitrogen and oxygen atoms in total. The topological polar surface area (TPSA) is 35.8 Å². The van der Waals surface area contributed by atoms with Crippen molar-refractivity contribution in [1.82, 2.24) is 0 Å². The minimum absolute atomic E-state index is 0.678. The average molecular weight is 186 g/mol. The third-order valence-corrected chi connectivity index (χ3v) is 1.88. The third kappa shape index (κ3) is 2.63. The molecule has 2 heteroatoms. The zero-order valence-corrected chi connectivity index (χ0v) is 8.59. The Morgan fingerprint density at radius 2 is 2.29 bits per heavy atom. The molecule has 0 saturated heterocycles. The Morgan fingerprint density at radius 1 is 1.57 bits per heavy atom. The lowest BCUT2D eigenvalue weighted by atomic mass is 10.1. The number of hydrogen-bond acceptors (Lipinski definition) is 2. The Bertz CT molecular complexity index is 386. The smallest absolute Gasteiger partial charge is 0.101 e. The second-order valence-electron chi connectivity index (χ2n) is 3.47. The van der Waals surface area contributed by atoms with Crippen molar-refractivity contribution in [2.24, 2.45) is 0 Å². The highest BCUT2D eigenvalue weighted by atomic mass is 14.9. The summed E-state index contributed by atoms with van der Waals surface area (Å²) >= 11 is 0. The van der Waals surface area contributed by atoms with E-state index in [2.05, 4.69) is 18.0 Å². The third-order valence-electron chi connectivity index (χ3n) is 1.88. The summed E-state index contributed by atoms with van der Waals surface area (Å²) in [5.74, 6) is 0. The summed E-state index contributed by atoms with van der Waals surface area (Å²) in [6, 6.07) is 7.89. The average Bonchev–Trinajstić information content (AvgIpc) is 2.15. The van der Waals surface area contributed by atoms with Gasteiger partial charge in [-0.25, -0.2) is 0 Å². The van der Waals surface area contributed by atoms with E-state index in [9.17, 15) is 0 Å². The summed E-state index contributed by atoms with van der Waals surface area (Å²) in [6.07, 6.45) is 0. The van der Waals surface area contributed by atoms with E-state index in [1.807, 2.05) is 32.0 Å². The second kappa shape index (κ2) is 4.48. The van der Waals surface area contributed by atoms with E-state index in [0.29, 0.717) is 12.1 Å². The van der Waals surface area contributed by atoms with Crippen molar-refractivity contribution >= 4 is 5.69 Å². The first-order valence-corrected chi connectivity index (χ1v) is 4.52. The van der Waals surface area contributed by atoms with E-state index in [1.165, 1.54) is 0 Å². The first-order valence-electron chi connectivity index (χ1n) is 4.52. The quantitative estimate of drug-likeness (QED) is 0.737. The maximum absolute atomic E-state index is 8.86. The molecule has 72 valence electrons. The number of nitrogens with zero attached hydrogens (tertiary/aromatic N) is 1. The van der Waals surface area contributed by atoms with E-state index >= 15 is 0 Å². The molecule has 0 radical (unpaired) electrons. The first-order chi connectivity index (χ1) is 6.63. The van der Waals surface area contributed by atoms with Crippen LogP contribution in [0.5, 0.6) is 0 Å². The highest BCUT2D eigenvalue weighted by Gasteiger charge is 2.00. The van der Waals surface area contributed by atoms with Crippen molar-refractivity contribution in [3.8, 4) is 6.07 Å². The van der Waals surface area contributed by atoms with Gasteiger partial charge < -0.3 is 5.32 Å². The highest BCUT2D eigenvalue weighted by Crippen LogP contribution is 2.16. The van der Waals surface area contributed by atoms with Gasteiger partial charge in [0.25, 0.3) is 0 Å². The fourth-order valence-corrected chi connectivity index (χ4v) is 1.15. The number of nitriles is 1. The molecule has 0 bridgehead atoms. The molecule has 1 aromatic rings. The van der Waals surface area contributed by atoms with Gasteiger partial charge in [0.1, 0.15) is 6.07 Å². The second-order valence-corrected chi connectivity index (χ2v) is 3.47. The van der Waals surface area contributed by atoms with Crippen LogP contribution in [0.25, 0.3) is 0 Å². The van der Waals surface area contributed by atoms with E-state index in [0.717, 1.165) is 16.8 Å². The summed E-state index contributed by atoms with van der Waals surface area (Å²) in [4.78, 5) is 0. The molecular formula is C12H14N2. The Morgan fingerprint density at radius 3 is 2.86 bits per heavy atom. The normalized spacial score (nSPS) is 9.21. The van der Waals surface area contributed by atoms with Crippen molar-refractivity contribution in [3.05, 3.63) is 41.5 Å². The Balaban J connectivity index is 2.89. The first kappa shape index (κ1) is 10.3. The molecule has 1 aromatic carbocycles. The highest BCUT2D eigenvalue weighted by molar-refractivity contribution is 5.59. The zero-order valence-electron chi connectivity index (χ0n) is 8.59. The molecule has 0 aliphatic rings. The number of hydrogen-bond donors (Lipinski definition) is 1. The largest absolute Gasteiger partial charge is 0.380 e. The molecule has 0 fully saturated rings. The number of anilines is 1. The summed E-state index contributed by atoms with van der Waals surface area (Å²) in [7, 11) is 0. The van der Waals surface area contributed by atoms with Crippen molar-refractivity contribution in [3.63, 3.8) is 0 Å². The lowest BCUT2D eigenvalue weighted by Crippen LogP contribution is -2.03. The number of rotatable bonds is 3. The molecule has 0 amide bonds. The van der Waals surface area contributed by atoms with Gasteiger partial charge in [0, 0.05) is 6.54 Å².